The largest absolute Gasteiger partial charge is 0.461 e. The fourth-order valence-corrected chi connectivity index (χ4v) is 4.04. The highest BCUT2D eigenvalue weighted by Gasteiger charge is 2.29. The number of aliphatic hydroxyl groups excluding tert-OH is 1. The zero-order chi connectivity index (χ0) is 18.8. The Bertz CT molecular complexity index is 923. The predicted molar refractivity (Wildman–Crippen MR) is 106 cm³/mol. The van der Waals surface area contributed by atoms with E-state index in [4.69, 9.17) is 4.42 Å². The highest BCUT2D eigenvalue weighted by atomic mass is 16.3. The van der Waals surface area contributed by atoms with E-state index in [9.17, 15) is 9.90 Å². The third-order valence-electron chi connectivity index (χ3n) is 5.56. The molecule has 2 heterocycles. The summed E-state index contributed by atoms with van der Waals surface area (Å²) in [5.74, 6) is 1.06. The SMILES string of the molecule is Cc1cc2cccc(C(=O)N3CCC([C@@H](O)Cc4ccccc4)CC3)c2o1. The number of hydrogen-bond donors (Lipinski definition) is 1. The van der Waals surface area contributed by atoms with E-state index in [1.165, 1.54) is 0 Å². The molecule has 1 aliphatic rings. The number of nitrogens with zero attached hydrogens (tertiary/aromatic N) is 1. The van der Waals surface area contributed by atoms with Gasteiger partial charge in [-0.3, -0.25) is 4.79 Å². The summed E-state index contributed by atoms with van der Waals surface area (Å²) < 4.78 is 5.75. The first-order valence-corrected chi connectivity index (χ1v) is 9.62. The number of benzene rings is 2. The normalized spacial score (nSPS) is 16.6. The number of furan rings is 1. The number of hydrogen-bond acceptors (Lipinski definition) is 3. The molecule has 3 aromatic rings. The molecular weight excluding hydrogens is 338 g/mol. The van der Waals surface area contributed by atoms with Crippen molar-refractivity contribution in [3.05, 3.63) is 71.5 Å². The standard InChI is InChI=1S/C23H25NO3/c1-16-14-19-8-5-9-20(22(19)27-16)23(26)24-12-10-18(11-13-24)21(25)15-17-6-3-2-4-7-17/h2-9,14,18,21,25H,10-13,15H2,1H3/t21-/m0/s1. The van der Waals surface area contributed by atoms with E-state index in [-0.39, 0.29) is 17.9 Å². The minimum Gasteiger partial charge on any atom is -0.461 e. The van der Waals surface area contributed by atoms with Gasteiger partial charge < -0.3 is 14.4 Å². The van der Waals surface area contributed by atoms with Gasteiger partial charge >= 0.3 is 0 Å². The molecule has 0 bridgehead atoms. The summed E-state index contributed by atoms with van der Waals surface area (Å²) in [7, 11) is 0. The molecule has 0 aliphatic carbocycles. The Kier molecular flexibility index (Phi) is 4.99. The molecule has 4 rings (SSSR count). The average Bonchev–Trinajstić information content (AvgIpc) is 3.08. The molecule has 1 atom stereocenters. The van der Waals surface area contributed by atoms with Crippen LogP contribution in [0.5, 0.6) is 0 Å². The molecular formula is C23H25NO3. The van der Waals surface area contributed by atoms with E-state index >= 15 is 0 Å². The first kappa shape index (κ1) is 17.8. The molecule has 0 spiro atoms. The van der Waals surface area contributed by atoms with E-state index in [1.54, 1.807) is 0 Å². The Morgan fingerprint density at radius 1 is 1.15 bits per heavy atom. The van der Waals surface area contributed by atoms with Crippen LogP contribution >= 0.6 is 0 Å². The summed E-state index contributed by atoms with van der Waals surface area (Å²) in [5, 5.41) is 11.6. The number of piperidine rings is 1. The average molecular weight is 363 g/mol. The Labute approximate surface area is 159 Å². The van der Waals surface area contributed by atoms with Crippen molar-refractivity contribution in [2.45, 2.75) is 32.3 Å². The molecule has 0 radical (unpaired) electrons. The van der Waals surface area contributed by atoms with Crippen LogP contribution in [0.2, 0.25) is 0 Å². The second-order valence-electron chi connectivity index (χ2n) is 7.47. The van der Waals surface area contributed by atoms with Crippen LogP contribution in [-0.2, 0) is 6.42 Å². The maximum Gasteiger partial charge on any atom is 0.257 e. The van der Waals surface area contributed by atoms with Gasteiger partial charge in [-0.15, -0.1) is 0 Å². The molecule has 1 N–H and O–H groups in total. The summed E-state index contributed by atoms with van der Waals surface area (Å²) in [6.07, 6.45) is 1.96. The molecule has 4 nitrogen and oxygen atoms in total. The minimum atomic E-state index is -0.360. The summed E-state index contributed by atoms with van der Waals surface area (Å²) in [6.45, 7) is 3.24. The van der Waals surface area contributed by atoms with Crippen LogP contribution in [0.3, 0.4) is 0 Å². The molecule has 4 heteroatoms. The van der Waals surface area contributed by atoms with Gasteiger partial charge in [-0.2, -0.15) is 0 Å². The van der Waals surface area contributed by atoms with Crippen molar-refractivity contribution < 1.29 is 14.3 Å². The lowest BCUT2D eigenvalue weighted by Gasteiger charge is -2.34. The molecule has 1 amide bonds. The van der Waals surface area contributed by atoms with Crippen molar-refractivity contribution in [3.63, 3.8) is 0 Å². The monoisotopic (exact) mass is 363 g/mol. The zero-order valence-electron chi connectivity index (χ0n) is 15.6. The number of fused-ring (bicyclic) bond motifs is 1. The first-order chi connectivity index (χ1) is 13.1. The molecule has 1 fully saturated rings. The van der Waals surface area contributed by atoms with Crippen molar-refractivity contribution >= 4 is 16.9 Å². The van der Waals surface area contributed by atoms with Gasteiger partial charge in [0.2, 0.25) is 0 Å². The van der Waals surface area contributed by atoms with E-state index in [0.29, 0.717) is 30.7 Å². The zero-order valence-corrected chi connectivity index (χ0v) is 15.6. The second-order valence-corrected chi connectivity index (χ2v) is 7.47. The Balaban J connectivity index is 1.40. The molecule has 140 valence electrons. The van der Waals surface area contributed by atoms with E-state index in [1.807, 2.05) is 66.4 Å². The molecule has 2 aromatic carbocycles. The first-order valence-electron chi connectivity index (χ1n) is 9.62. The number of likely N-dealkylation sites (tertiary alicyclic amines) is 1. The van der Waals surface area contributed by atoms with Gasteiger partial charge in [0.15, 0.2) is 0 Å². The quantitative estimate of drug-likeness (QED) is 0.756. The van der Waals surface area contributed by atoms with Gasteiger partial charge in [0.05, 0.1) is 11.7 Å². The van der Waals surface area contributed by atoms with Gasteiger partial charge in [-0.1, -0.05) is 42.5 Å². The van der Waals surface area contributed by atoms with Crippen LogP contribution in [0.4, 0.5) is 0 Å². The fraction of sp³-hybridized carbons (Fsp3) is 0.348. The number of rotatable bonds is 4. The van der Waals surface area contributed by atoms with Gasteiger partial charge in [-0.05, 0) is 49.8 Å². The molecule has 27 heavy (non-hydrogen) atoms. The Hall–Kier alpha value is -2.59. The topological polar surface area (TPSA) is 53.7 Å². The number of aryl methyl sites for hydroxylation is 1. The van der Waals surface area contributed by atoms with Crippen molar-refractivity contribution in [2.75, 3.05) is 13.1 Å². The molecule has 1 saturated heterocycles. The number of carbonyl (C=O) groups excluding carboxylic acids is 1. The maximum absolute atomic E-state index is 13.0. The smallest absolute Gasteiger partial charge is 0.257 e. The number of aliphatic hydroxyl groups is 1. The van der Waals surface area contributed by atoms with E-state index < -0.39 is 0 Å². The third-order valence-corrected chi connectivity index (χ3v) is 5.56. The van der Waals surface area contributed by atoms with Crippen LogP contribution in [0, 0.1) is 12.8 Å². The minimum absolute atomic E-state index is 0.0194. The lowest BCUT2D eigenvalue weighted by atomic mass is 9.87. The van der Waals surface area contributed by atoms with E-state index in [2.05, 4.69) is 0 Å². The van der Waals surface area contributed by atoms with Crippen LogP contribution in [-0.4, -0.2) is 35.1 Å². The van der Waals surface area contributed by atoms with Crippen molar-refractivity contribution in [1.29, 1.82) is 0 Å². The van der Waals surface area contributed by atoms with Crippen LogP contribution < -0.4 is 0 Å². The molecule has 1 aromatic heterocycles. The lowest BCUT2D eigenvalue weighted by molar-refractivity contribution is 0.0468. The van der Waals surface area contributed by atoms with Gasteiger partial charge in [0.1, 0.15) is 11.3 Å². The van der Waals surface area contributed by atoms with Crippen LogP contribution in [0.1, 0.15) is 34.5 Å². The van der Waals surface area contributed by atoms with Gasteiger partial charge in [-0.25, -0.2) is 0 Å². The number of carbonyl (C=O) groups is 1. The summed E-state index contributed by atoms with van der Waals surface area (Å²) in [4.78, 5) is 14.9. The van der Waals surface area contributed by atoms with Gasteiger partial charge in [0.25, 0.3) is 5.91 Å². The maximum atomic E-state index is 13.0. The lowest BCUT2D eigenvalue weighted by Crippen LogP contribution is -2.41. The summed E-state index contributed by atoms with van der Waals surface area (Å²) in [5.41, 5.74) is 2.46. The van der Waals surface area contributed by atoms with Gasteiger partial charge in [0, 0.05) is 18.5 Å². The predicted octanol–water partition coefficient (Wildman–Crippen LogP) is 4.20. The third kappa shape index (κ3) is 3.76. The summed E-state index contributed by atoms with van der Waals surface area (Å²) >= 11 is 0. The van der Waals surface area contributed by atoms with Crippen molar-refractivity contribution in [2.24, 2.45) is 5.92 Å². The Morgan fingerprint density at radius 3 is 2.63 bits per heavy atom. The van der Waals surface area contributed by atoms with Crippen molar-refractivity contribution in [1.82, 2.24) is 4.90 Å². The fourth-order valence-electron chi connectivity index (χ4n) is 4.04. The number of amides is 1. The molecule has 1 aliphatic heterocycles. The van der Waals surface area contributed by atoms with Crippen LogP contribution in [0.15, 0.2) is 59.0 Å². The van der Waals surface area contributed by atoms with Crippen molar-refractivity contribution in [3.8, 4) is 0 Å². The van der Waals surface area contributed by atoms with Crippen LogP contribution in [0.25, 0.3) is 11.0 Å². The second kappa shape index (κ2) is 7.57. The summed E-state index contributed by atoms with van der Waals surface area (Å²) in [6, 6.07) is 17.8. The van der Waals surface area contributed by atoms with E-state index in [0.717, 1.165) is 29.6 Å². The molecule has 0 saturated carbocycles. The highest BCUT2D eigenvalue weighted by Crippen LogP contribution is 2.27. The molecule has 0 unspecified atom stereocenters. The Morgan fingerprint density at radius 2 is 1.89 bits per heavy atom. The highest BCUT2D eigenvalue weighted by molar-refractivity contribution is 6.05. The number of para-hydroxylation sites is 1.